The van der Waals surface area contributed by atoms with Gasteiger partial charge in [-0.3, -0.25) is 4.79 Å². The molecule has 0 aliphatic heterocycles. The molecule has 0 radical (unpaired) electrons. The molecule has 0 saturated carbocycles. The smallest absolute Gasteiger partial charge is 0.308 e. The van der Waals surface area contributed by atoms with E-state index in [0.717, 1.165) is 18.6 Å². The molecule has 112 valence electrons. The van der Waals surface area contributed by atoms with Gasteiger partial charge < -0.3 is 10.0 Å². The third-order valence-corrected chi connectivity index (χ3v) is 3.05. The number of carboxylic acid groups (broad SMARTS) is 1. The molecule has 3 nitrogen and oxygen atoms in total. The number of aliphatic carboxylic acids is 1. The zero-order valence-corrected chi connectivity index (χ0v) is 11.5. The number of benzene rings is 1. The molecule has 0 aliphatic rings. The normalized spacial score (nSPS) is 12.2. The molecule has 1 aromatic carbocycles. The van der Waals surface area contributed by atoms with Crippen LogP contribution in [0.4, 0.5) is 18.9 Å². The van der Waals surface area contributed by atoms with E-state index in [1.807, 2.05) is 6.92 Å². The molecule has 0 bridgehead atoms. The Labute approximate surface area is 116 Å². The Morgan fingerprint density at radius 1 is 1.30 bits per heavy atom. The highest BCUT2D eigenvalue weighted by Gasteiger charge is 2.21. The number of carbonyl (C=O) groups is 1. The zero-order valence-electron chi connectivity index (χ0n) is 11.5. The quantitative estimate of drug-likeness (QED) is 0.782. The second-order valence-corrected chi connectivity index (χ2v) is 4.73. The van der Waals surface area contributed by atoms with E-state index in [1.54, 1.807) is 0 Å². The first-order valence-electron chi connectivity index (χ1n) is 6.49. The fourth-order valence-corrected chi connectivity index (χ4v) is 1.83. The van der Waals surface area contributed by atoms with Crippen LogP contribution < -0.4 is 4.90 Å². The summed E-state index contributed by atoms with van der Waals surface area (Å²) in [6.45, 7) is 3.84. The van der Waals surface area contributed by atoms with E-state index < -0.39 is 29.3 Å². The lowest BCUT2D eigenvalue weighted by atomic mass is 10.1. The summed E-state index contributed by atoms with van der Waals surface area (Å²) in [7, 11) is 0. The Hall–Kier alpha value is -1.72. The molecule has 1 N–H and O–H groups in total. The number of halogens is 3. The maximum absolute atomic E-state index is 13.8. The molecule has 1 atom stereocenters. The van der Waals surface area contributed by atoms with E-state index >= 15 is 0 Å². The number of unbranched alkanes of at least 4 members (excludes halogenated alkanes) is 1. The first kappa shape index (κ1) is 16.3. The molecular weight excluding hydrogens is 271 g/mol. The molecule has 0 aliphatic carbocycles. The van der Waals surface area contributed by atoms with Gasteiger partial charge in [-0.25, -0.2) is 13.2 Å². The number of rotatable bonds is 7. The Balaban J connectivity index is 3.04. The molecule has 1 unspecified atom stereocenters. The Bertz CT molecular complexity index is 480. The van der Waals surface area contributed by atoms with Crippen molar-refractivity contribution in [3.63, 3.8) is 0 Å². The summed E-state index contributed by atoms with van der Waals surface area (Å²) < 4.78 is 40.0. The van der Waals surface area contributed by atoms with E-state index in [-0.39, 0.29) is 12.2 Å². The van der Waals surface area contributed by atoms with E-state index in [0.29, 0.717) is 13.0 Å². The van der Waals surface area contributed by atoms with Crippen LogP contribution in [0.15, 0.2) is 12.1 Å². The van der Waals surface area contributed by atoms with E-state index in [4.69, 9.17) is 5.11 Å². The van der Waals surface area contributed by atoms with Crippen molar-refractivity contribution in [3.8, 4) is 0 Å². The first-order chi connectivity index (χ1) is 9.38. The second-order valence-electron chi connectivity index (χ2n) is 4.73. The third-order valence-electron chi connectivity index (χ3n) is 3.05. The summed E-state index contributed by atoms with van der Waals surface area (Å²) in [6, 6.07) is 1.98. The largest absolute Gasteiger partial charge is 0.481 e. The van der Waals surface area contributed by atoms with Crippen molar-refractivity contribution in [2.45, 2.75) is 26.7 Å². The minimum atomic E-state index is -1.54. The fraction of sp³-hybridized carbons (Fsp3) is 0.500. The van der Waals surface area contributed by atoms with Gasteiger partial charge in [0.25, 0.3) is 0 Å². The van der Waals surface area contributed by atoms with Crippen LogP contribution in [-0.4, -0.2) is 24.2 Å². The SMILES string of the molecule is CCCCN(CC(C)C(=O)O)c1ccc(F)c(F)c1F. The summed E-state index contributed by atoms with van der Waals surface area (Å²) in [5.41, 5.74) is -0.106. The Kier molecular flexibility index (Phi) is 5.85. The van der Waals surface area contributed by atoms with Gasteiger partial charge in [0.2, 0.25) is 0 Å². The highest BCUT2D eigenvalue weighted by atomic mass is 19.2. The highest BCUT2D eigenvalue weighted by Crippen LogP contribution is 2.24. The Morgan fingerprint density at radius 3 is 2.50 bits per heavy atom. The average molecular weight is 289 g/mol. The van der Waals surface area contributed by atoms with Crippen molar-refractivity contribution in [1.29, 1.82) is 0 Å². The maximum Gasteiger partial charge on any atom is 0.308 e. The number of hydrogen-bond donors (Lipinski definition) is 1. The lowest BCUT2D eigenvalue weighted by Crippen LogP contribution is -2.33. The zero-order chi connectivity index (χ0) is 15.3. The molecule has 0 amide bonds. The van der Waals surface area contributed by atoms with Crippen molar-refractivity contribution < 1.29 is 23.1 Å². The van der Waals surface area contributed by atoms with Crippen LogP contribution in [0.5, 0.6) is 0 Å². The van der Waals surface area contributed by atoms with Gasteiger partial charge in [-0.1, -0.05) is 20.3 Å². The molecule has 0 spiro atoms. The van der Waals surface area contributed by atoms with E-state index in [2.05, 4.69) is 0 Å². The predicted molar refractivity (Wildman–Crippen MR) is 70.2 cm³/mol. The monoisotopic (exact) mass is 289 g/mol. The van der Waals surface area contributed by atoms with Gasteiger partial charge in [0.1, 0.15) is 0 Å². The minimum absolute atomic E-state index is 0.0390. The van der Waals surface area contributed by atoms with Crippen LogP contribution in [0.25, 0.3) is 0 Å². The van der Waals surface area contributed by atoms with Crippen molar-refractivity contribution in [2.75, 3.05) is 18.0 Å². The van der Waals surface area contributed by atoms with Crippen LogP contribution in [0, 0.1) is 23.4 Å². The molecule has 0 heterocycles. The van der Waals surface area contributed by atoms with Gasteiger partial charge in [0, 0.05) is 13.1 Å². The molecular formula is C14H18F3NO2. The number of carboxylic acids is 1. The van der Waals surface area contributed by atoms with Gasteiger partial charge in [-0.05, 0) is 18.6 Å². The summed E-state index contributed by atoms with van der Waals surface area (Å²) in [4.78, 5) is 12.3. The van der Waals surface area contributed by atoms with Gasteiger partial charge in [-0.2, -0.15) is 0 Å². The minimum Gasteiger partial charge on any atom is -0.481 e. The number of anilines is 1. The van der Waals surface area contributed by atoms with E-state index in [1.165, 1.54) is 11.8 Å². The summed E-state index contributed by atoms with van der Waals surface area (Å²) >= 11 is 0. The lowest BCUT2D eigenvalue weighted by molar-refractivity contribution is -0.140. The average Bonchev–Trinajstić information content (AvgIpc) is 2.41. The topological polar surface area (TPSA) is 40.5 Å². The molecule has 6 heteroatoms. The van der Waals surface area contributed by atoms with Crippen molar-refractivity contribution >= 4 is 11.7 Å². The van der Waals surface area contributed by atoms with Gasteiger partial charge in [0.15, 0.2) is 17.5 Å². The van der Waals surface area contributed by atoms with E-state index in [9.17, 15) is 18.0 Å². The van der Waals surface area contributed by atoms with Gasteiger partial charge in [0.05, 0.1) is 11.6 Å². The molecule has 0 fully saturated rings. The standard InChI is InChI=1S/C14H18F3NO2/c1-3-4-7-18(8-9(2)14(19)20)11-6-5-10(15)12(16)13(11)17/h5-6,9H,3-4,7-8H2,1-2H3,(H,19,20). The Morgan fingerprint density at radius 2 is 1.95 bits per heavy atom. The summed E-state index contributed by atoms with van der Waals surface area (Å²) in [6.07, 6.45) is 1.52. The fourth-order valence-electron chi connectivity index (χ4n) is 1.83. The van der Waals surface area contributed by atoms with Crippen LogP contribution in [0.3, 0.4) is 0 Å². The molecule has 0 aromatic heterocycles. The van der Waals surface area contributed by atoms with Crippen LogP contribution >= 0.6 is 0 Å². The predicted octanol–water partition coefficient (Wildman–Crippen LogP) is 3.43. The molecule has 1 rings (SSSR count). The molecule has 1 aromatic rings. The van der Waals surface area contributed by atoms with Crippen molar-refractivity contribution in [3.05, 3.63) is 29.6 Å². The summed E-state index contributed by atoms with van der Waals surface area (Å²) in [5.74, 6) is -5.83. The number of nitrogens with zero attached hydrogens (tertiary/aromatic N) is 1. The lowest BCUT2D eigenvalue weighted by Gasteiger charge is -2.27. The van der Waals surface area contributed by atoms with Gasteiger partial charge >= 0.3 is 5.97 Å². The summed E-state index contributed by atoms with van der Waals surface area (Å²) in [5, 5.41) is 8.92. The van der Waals surface area contributed by atoms with Crippen LogP contribution in [-0.2, 0) is 4.79 Å². The van der Waals surface area contributed by atoms with Crippen molar-refractivity contribution in [2.24, 2.45) is 5.92 Å². The van der Waals surface area contributed by atoms with Crippen LogP contribution in [0.2, 0.25) is 0 Å². The first-order valence-corrected chi connectivity index (χ1v) is 6.49. The molecule has 20 heavy (non-hydrogen) atoms. The third kappa shape index (κ3) is 3.88. The molecule has 0 saturated heterocycles. The number of hydrogen-bond acceptors (Lipinski definition) is 2. The van der Waals surface area contributed by atoms with Gasteiger partial charge in [-0.15, -0.1) is 0 Å². The highest BCUT2D eigenvalue weighted by molar-refractivity contribution is 5.70. The maximum atomic E-state index is 13.8. The second kappa shape index (κ2) is 7.17. The van der Waals surface area contributed by atoms with Crippen molar-refractivity contribution in [1.82, 2.24) is 0 Å². The van der Waals surface area contributed by atoms with Crippen LogP contribution in [0.1, 0.15) is 26.7 Å².